The number of allylic oxidation sites excluding steroid dienone is 1. The Morgan fingerprint density at radius 1 is 1.04 bits per heavy atom. The number of aromatic nitrogens is 3. The highest BCUT2D eigenvalue weighted by Gasteiger charge is 2.33. The molecule has 2 aliphatic heterocycles. The van der Waals surface area contributed by atoms with Crippen LogP contribution in [0, 0.1) is 0 Å². The topological polar surface area (TPSA) is 137 Å². The van der Waals surface area contributed by atoms with Crippen molar-refractivity contribution >= 4 is 44.6 Å². The SMILES string of the molecule is COCCN(C(=O)c1cnn(C)c1C1=Cc2cc(OC)ccc2-c2c(C3CCCCC3)c3ccc(C(=O)NS(=O)(=O)N4CCOCC4)cc3n2C1)C(C)C. The van der Waals surface area contributed by atoms with Crippen LogP contribution in [-0.4, -0.2) is 104 Å². The fourth-order valence-electron chi connectivity index (χ4n) is 8.27. The van der Waals surface area contributed by atoms with Crippen LogP contribution in [0.15, 0.2) is 42.6 Å². The lowest BCUT2D eigenvalue weighted by atomic mass is 9.81. The van der Waals surface area contributed by atoms with E-state index in [4.69, 9.17) is 14.2 Å². The maximum atomic E-state index is 14.3. The Labute approximate surface area is 317 Å². The van der Waals surface area contributed by atoms with Gasteiger partial charge in [0.05, 0.1) is 56.6 Å². The number of methoxy groups -OCH3 is 2. The molecule has 1 saturated carbocycles. The molecule has 0 radical (unpaired) electrons. The second-order valence-corrected chi connectivity index (χ2v) is 16.3. The highest BCUT2D eigenvalue weighted by molar-refractivity contribution is 7.87. The minimum atomic E-state index is -4.07. The van der Waals surface area contributed by atoms with Crippen LogP contribution in [-0.2, 0) is 33.3 Å². The van der Waals surface area contributed by atoms with Crippen molar-refractivity contribution in [2.75, 3.05) is 53.7 Å². The van der Waals surface area contributed by atoms with Crippen molar-refractivity contribution in [1.82, 2.24) is 28.3 Å². The minimum Gasteiger partial charge on any atom is -0.497 e. The van der Waals surface area contributed by atoms with Crippen molar-refractivity contribution in [3.05, 3.63) is 70.5 Å². The summed E-state index contributed by atoms with van der Waals surface area (Å²) in [5, 5.41) is 5.63. The summed E-state index contributed by atoms with van der Waals surface area (Å²) >= 11 is 0. The Hall–Kier alpha value is -4.50. The van der Waals surface area contributed by atoms with E-state index in [0.717, 1.165) is 59.0 Å². The summed E-state index contributed by atoms with van der Waals surface area (Å²) in [6.45, 7) is 6.09. The number of aryl methyl sites for hydroxylation is 1. The lowest BCUT2D eigenvalue weighted by Gasteiger charge is -2.26. The Kier molecular flexibility index (Phi) is 11.0. The Morgan fingerprint density at radius 2 is 1.80 bits per heavy atom. The van der Waals surface area contributed by atoms with E-state index in [9.17, 15) is 18.0 Å². The number of nitrogens with zero attached hydrogens (tertiary/aromatic N) is 5. The predicted octanol–water partition coefficient (Wildman–Crippen LogP) is 5.46. The molecule has 2 amide bonds. The number of ether oxygens (including phenoxy) is 3. The summed E-state index contributed by atoms with van der Waals surface area (Å²) in [4.78, 5) is 29.8. The molecule has 4 heterocycles. The summed E-state index contributed by atoms with van der Waals surface area (Å²) in [6.07, 6.45) is 9.31. The van der Waals surface area contributed by atoms with Crippen LogP contribution < -0.4 is 9.46 Å². The maximum absolute atomic E-state index is 14.3. The molecular formula is C40H50N6O7S. The summed E-state index contributed by atoms with van der Waals surface area (Å²) in [5.41, 5.74) is 7.33. The number of rotatable bonds is 11. The average molecular weight is 759 g/mol. The molecule has 2 aromatic carbocycles. The summed E-state index contributed by atoms with van der Waals surface area (Å²) < 4.78 is 50.4. The molecular weight excluding hydrogens is 709 g/mol. The molecule has 14 heteroatoms. The third-order valence-corrected chi connectivity index (χ3v) is 12.5. The quantitative estimate of drug-likeness (QED) is 0.213. The van der Waals surface area contributed by atoms with Gasteiger partial charge in [-0.25, -0.2) is 4.72 Å². The van der Waals surface area contributed by atoms with Crippen LogP contribution >= 0.6 is 0 Å². The molecule has 1 saturated heterocycles. The van der Waals surface area contributed by atoms with E-state index in [1.54, 1.807) is 36.1 Å². The molecule has 0 atom stereocenters. The third-order valence-electron chi connectivity index (χ3n) is 11.0. The zero-order chi connectivity index (χ0) is 38.1. The molecule has 7 rings (SSSR count). The highest BCUT2D eigenvalue weighted by Crippen LogP contribution is 2.48. The zero-order valence-corrected chi connectivity index (χ0v) is 32.6. The Balaban J connectivity index is 1.41. The molecule has 2 fully saturated rings. The van der Waals surface area contributed by atoms with Gasteiger partial charge in [-0.05, 0) is 85.7 Å². The van der Waals surface area contributed by atoms with Crippen molar-refractivity contribution in [3.8, 4) is 17.0 Å². The highest BCUT2D eigenvalue weighted by atomic mass is 32.2. The summed E-state index contributed by atoms with van der Waals surface area (Å²) in [6, 6.07) is 11.5. The molecule has 2 aromatic heterocycles. The monoisotopic (exact) mass is 758 g/mol. The number of hydrogen-bond acceptors (Lipinski definition) is 8. The number of fused-ring (bicyclic) bond motifs is 5. The van der Waals surface area contributed by atoms with Gasteiger partial charge in [0, 0.05) is 61.9 Å². The van der Waals surface area contributed by atoms with Crippen LogP contribution in [0.3, 0.4) is 0 Å². The van der Waals surface area contributed by atoms with Gasteiger partial charge in [-0.3, -0.25) is 14.3 Å². The van der Waals surface area contributed by atoms with Gasteiger partial charge in [0.2, 0.25) is 0 Å². The fourth-order valence-corrected chi connectivity index (χ4v) is 9.38. The zero-order valence-electron chi connectivity index (χ0n) is 31.8. The third kappa shape index (κ3) is 7.19. The second-order valence-electron chi connectivity index (χ2n) is 14.6. The molecule has 54 heavy (non-hydrogen) atoms. The number of nitrogens with one attached hydrogen (secondary N) is 1. The van der Waals surface area contributed by atoms with E-state index >= 15 is 0 Å². The van der Waals surface area contributed by atoms with Crippen LogP contribution in [0.5, 0.6) is 5.75 Å². The van der Waals surface area contributed by atoms with Gasteiger partial charge in [-0.15, -0.1) is 0 Å². The van der Waals surface area contributed by atoms with E-state index < -0.39 is 16.1 Å². The molecule has 0 unspecified atom stereocenters. The number of hydrogen-bond donors (Lipinski definition) is 1. The molecule has 13 nitrogen and oxygen atoms in total. The van der Waals surface area contributed by atoms with Crippen molar-refractivity contribution in [2.24, 2.45) is 7.05 Å². The average Bonchev–Trinajstić information content (AvgIpc) is 3.66. The lowest BCUT2D eigenvalue weighted by Crippen LogP contribution is -2.48. The number of amides is 2. The summed E-state index contributed by atoms with van der Waals surface area (Å²) in [5.74, 6) is 0.170. The van der Waals surface area contributed by atoms with Crippen molar-refractivity contribution in [2.45, 2.75) is 64.5 Å². The van der Waals surface area contributed by atoms with Gasteiger partial charge in [0.1, 0.15) is 5.75 Å². The number of carbonyl (C=O) groups is 2. The summed E-state index contributed by atoms with van der Waals surface area (Å²) in [7, 11) is 1.05. The van der Waals surface area contributed by atoms with E-state index in [0.29, 0.717) is 42.6 Å². The van der Waals surface area contributed by atoms with Crippen LogP contribution in [0.25, 0.3) is 33.8 Å². The number of carbonyl (C=O) groups excluding carboxylic acids is 2. The molecule has 0 bridgehead atoms. The van der Waals surface area contributed by atoms with Gasteiger partial charge in [-0.1, -0.05) is 25.3 Å². The minimum absolute atomic E-state index is 0.0662. The molecule has 1 N–H and O–H groups in total. The van der Waals surface area contributed by atoms with Gasteiger partial charge in [-0.2, -0.15) is 17.8 Å². The van der Waals surface area contributed by atoms with Crippen LogP contribution in [0.4, 0.5) is 0 Å². The van der Waals surface area contributed by atoms with Gasteiger partial charge < -0.3 is 23.7 Å². The van der Waals surface area contributed by atoms with Crippen LogP contribution in [0.1, 0.15) is 89.4 Å². The second kappa shape index (κ2) is 15.7. The first kappa shape index (κ1) is 37.8. The smallest absolute Gasteiger partial charge is 0.304 e. The van der Waals surface area contributed by atoms with Crippen molar-refractivity contribution in [1.29, 1.82) is 0 Å². The molecule has 3 aliphatic rings. The van der Waals surface area contributed by atoms with Crippen LogP contribution in [0.2, 0.25) is 0 Å². The molecule has 288 valence electrons. The maximum Gasteiger partial charge on any atom is 0.304 e. The van der Waals surface area contributed by atoms with E-state index in [2.05, 4.69) is 26.5 Å². The normalized spacial score (nSPS) is 16.8. The lowest BCUT2D eigenvalue weighted by molar-refractivity contribution is 0.0634. The molecule has 1 aliphatic carbocycles. The standard InChI is InChI=1S/C40H50N6O7S/c1-26(2)45(17-18-51-4)40(48)34-24-41-43(3)37(34)30-21-29-22-31(52-5)12-14-32(29)38-36(27-9-7-6-8-10-27)33-13-11-28(23-35(33)46(38)25-30)39(47)42-54(49,50)44-15-19-53-20-16-44/h11-14,21-24,26-27H,6-10,15-20,25H2,1-5H3,(H,42,47). The first-order valence-electron chi connectivity index (χ1n) is 18.8. The van der Waals surface area contributed by atoms with Gasteiger partial charge >= 0.3 is 10.2 Å². The number of benzene rings is 2. The van der Waals surface area contributed by atoms with Gasteiger partial charge in [0.25, 0.3) is 11.8 Å². The Bertz CT molecular complexity index is 2190. The number of morpholine rings is 1. The predicted molar refractivity (Wildman–Crippen MR) is 208 cm³/mol. The van der Waals surface area contributed by atoms with Gasteiger partial charge in [0.15, 0.2) is 0 Å². The Morgan fingerprint density at radius 3 is 2.50 bits per heavy atom. The molecule has 0 spiro atoms. The van der Waals surface area contributed by atoms with Crippen molar-refractivity contribution in [3.63, 3.8) is 0 Å². The van der Waals surface area contributed by atoms with E-state index in [1.807, 2.05) is 45.2 Å². The first-order chi connectivity index (χ1) is 26.0. The van der Waals surface area contributed by atoms with Crippen molar-refractivity contribution < 1.29 is 32.2 Å². The first-order valence-corrected chi connectivity index (χ1v) is 20.2. The van der Waals surface area contributed by atoms with E-state index in [-0.39, 0.29) is 43.8 Å². The fraction of sp³-hybridized carbons (Fsp3) is 0.475. The largest absolute Gasteiger partial charge is 0.497 e. The van der Waals surface area contributed by atoms with E-state index in [1.165, 1.54) is 16.3 Å². The molecule has 4 aromatic rings.